The SMILES string of the molecule is Cc1ccccc1COC(=O)C(CC(C)C)N1C(=O)C2CC=CCC2C1=O. The van der Waals surface area contributed by atoms with Gasteiger partial charge in [-0.15, -0.1) is 0 Å². The lowest BCUT2D eigenvalue weighted by Crippen LogP contribution is -2.47. The Morgan fingerprint density at radius 2 is 1.70 bits per heavy atom. The van der Waals surface area contributed by atoms with Gasteiger partial charge in [0.25, 0.3) is 0 Å². The van der Waals surface area contributed by atoms with Gasteiger partial charge in [-0.3, -0.25) is 14.5 Å². The third kappa shape index (κ3) is 3.97. The number of likely N-dealkylation sites (tertiary alicyclic amines) is 1. The van der Waals surface area contributed by atoms with Gasteiger partial charge < -0.3 is 4.74 Å². The fourth-order valence-corrected chi connectivity index (χ4v) is 3.90. The standard InChI is InChI=1S/C22H27NO4/c1-14(2)12-19(22(26)27-13-16-9-5-4-8-15(16)3)23-20(24)17-10-6-7-11-18(17)21(23)25/h4-9,14,17-19H,10-13H2,1-3H3. The number of benzene rings is 1. The van der Waals surface area contributed by atoms with Crippen LogP contribution in [0.25, 0.3) is 0 Å². The van der Waals surface area contributed by atoms with Gasteiger partial charge in [0, 0.05) is 0 Å². The van der Waals surface area contributed by atoms with E-state index in [4.69, 9.17) is 4.74 Å². The zero-order chi connectivity index (χ0) is 19.6. The van der Waals surface area contributed by atoms with Crippen molar-refractivity contribution < 1.29 is 19.1 Å². The van der Waals surface area contributed by atoms with E-state index in [0.29, 0.717) is 19.3 Å². The van der Waals surface area contributed by atoms with Gasteiger partial charge in [-0.1, -0.05) is 50.3 Å². The average Bonchev–Trinajstić information content (AvgIpc) is 2.90. The van der Waals surface area contributed by atoms with Crippen LogP contribution in [0.4, 0.5) is 0 Å². The monoisotopic (exact) mass is 369 g/mol. The summed E-state index contributed by atoms with van der Waals surface area (Å²) in [6.45, 7) is 6.05. The lowest BCUT2D eigenvalue weighted by atomic mass is 9.85. The molecule has 5 nitrogen and oxygen atoms in total. The summed E-state index contributed by atoms with van der Waals surface area (Å²) in [5.74, 6) is -1.47. The van der Waals surface area contributed by atoms with Crippen molar-refractivity contribution in [3.63, 3.8) is 0 Å². The van der Waals surface area contributed by atoms with E-state index in [1.54, 1.807) is 0 Å². The second-order valence-electron chi connectivity index (χ2n) is 7.88. The Bertz CT molecular complexity index is 741. The molecule has 0 aromatic heterocycles. The molecule has 1 fully saturated rings. The molecular weight excluding hydrogens is 342 g/mol. The molecule has 3 rings (SSSR count). The first-order valence-corrected chi connectivity index (χ1v) is 9.63. The van der Waals surface area contributed by atoms with Crippen LogP contribution in [0, 0.1) is 24.7 Å². The van der Waals surface area contributed by atoms with E-state index in [2.05, 4.69) is 0 Å². The van der Waals surface area contributed by atoms with Crippen LogP contribution in [-0.4, -0.2) is 28.7 Å². The van der Waals surface area contributed by atoms with Crippen LogP contribution >= 0.6 is 0 Å². The van der Waals surface area contributed by atoms with Gasteiger partial charge in [-0.2, -0.15) is 0 Å². The Morgan fingerprint density at radius 3 is 2.26 bits per heavy atom. The highest BCUT2D eigenvalue weighted by Crippen LogP contribution is 2.37. The average molecular weight is 369 g/mol. The summed E-state index contributed by atoms with van der Waals surface area (Å²) in [6, 6.07) is 6.85. The molecule has 0 spiro atoms. The van der Waals surface area contributed by atoms with E-state index in [0.717, 1.165) is 11.1 Å². The molecule has 27 heavy (non-hydrogen) atoms. The summed E-state index contributed by atoms with van der Waals surface area (Å²) in [7, 11) is 0. The predicted octanol–water partition coefficient (Wildman–Crippen LogP) is 3.40. The summed E-state index contributed by atoms with van der Waals surface area (Å²) in [6.07, 6.45) is 5.45. The number of carbonyl (C=O) groups is 3. The molecule has 1 aliphatic heterocycles. The molecule has 0 radical (unpaired) electrons. The van der Waals surface area contributed by atoms with E-state index in [1.165, 1.54) is 4.90 Å². The minimum absolute atomic E-state index is 0.144. The van der Waals surface area contributed by atoms with E-state index < -0.39 is 12.0 Å². The highest BCUT2D eigenvalue weighted by Gasteiger charge is 2.51. The molecule has 0 saturated carbocycles. The lowest BCUT2D eigenvalue weighted by Gasteiger charge is -2.26. The number of carbonyl (C=O) groups excluding carboxylic acids is 3. The number of fused-ring (bicyclic) bond motifs is 1. The van der Waals surface area contributed by atoms with Crippen molar-refractivity contribution in [2.45, 2.75) is 52.7 Å². The molecular formula is C22H27NO4. The van der Waals surface area contributed by atoms with Gasteiger partial charge in [0.05, 0.1) is 11.8 Å². The molecule has 1 heterocycles. The molecule has 5 heteroatoms. The fourth-order valence-electron chi connectivity index (χ4n) is 3.90. The normalized spacial score (nSPS) is 22.9. The first kappa shape index (κ1) is 19.3. The number of imide groups is 1. The number of rotatable bonds is 6. The minimum Gasteiger partial charge on any atom is -0.459 e. The van der Waals surface area contributed by atoms with Crippen molar-refractivity contribution in [2.75, 3.05) is 0 Å². The van der Waals surface area contributed by atoms with E-state index in [1.807, 2.05) is 57.2 Å². The number of allylic oxidation sites excluding steroid dienone is 2. The number of nitrogens with zero attached hydrogens (tertiary/aromatic N) is 1. The predicted molar refractivity (Wildman–Crippen MR) is 101 cm³/mol. The van der Waals surface area contributed by atoms with Crippen LogP contribution < -0.4 is 0 Å². The number of aryl methyl sites for hydroxylation is 1. The van der Waals surface area contributed by atoms with Crippen molar-refractivity contribution in [3.8, 4) is 0 Å². The molecule has 3 atom stereocenters. The van der Waals surface area contributed by atoms with Crippen molar-refractivity contribution in [2.24, 2.45) is 17.8 Å². The summed E-state index contributed by atoms with van der Waals surface area (Å²) >= 11 is 0. The van der Waals surface area contributed by atoms with E-state index in [9.17, 15) is 14.4 Å². The van der Waals surface area contributed by atoms with Crippen LogP contribution in [-0.2, 0) is 25.7 Å². The van der Waals surface area contributed by atoms with Crippen molar-refractivity contribution in [3.05, 3.63) is 47.5 Å². The van der Waals surface area contributed by atoms with Crippen LogP contribution in [0.1, 0.15) is 44.2 Å². The number of esters is 1. The third-order valence-corrected chi connectivity index (χ3v) is 5.45. The van der Waals surface area contributed by atoms with Gasteiger partial charge in [0.1, 0.15) is 12.6 Å². The molecule has 0 bridgehead atoms. The van der Waals surface area contributed by atoms with Gasteiger partial charge in [-0.05, 0) is 43.2 Å². The summed E-state index contributed by atoms with van der Waals surface area (Å²) in [5, 5.41) is 0. The van der Waals surface area contributed by atoms with Gasteiger partial charge in [0.15, 0.2) is 0 Å². The fraction of sp³-hybridized carbons (Fsp3) is 0.500. The van der Waals surface area contributed by atoms with Crippen molar-refractivity contribution in [1.29, 1.82) is 0 Å². The van der Waals surface area contributed by atoms with Crippen molar-refractivity contribution in [1.82, 2.24) is 4.90 Å². The number of ether oxygens (including phenoxy) is 1. The molecule has 2 aliphatic rings. The van der Waals surface area contributed by atoms with E-state index >= 15 is 0 Å². The second-order valence-corrected chi connectivity index (χ2v) is 7.88. The largest absolute Gasteiger partial charge is 0.459 e. The Hall–Kier alpha value is -2.43. The highest BCUT2D eigenvalue weighted by atomic mass is 16.5. The maximum atomic E-state index is 12.9. The topological polar surface area (TPSA) is 63.7 Å². The molecule has 3 unspecified atom stereocenters. The van der Waals surface area contributed by atoms with Gasteiger partial charge in [0.2, 0.25) is 11.8 Å². The number of hydrogen-bond donors (Lipinski definition) is 0. The Kier molecular flexibility index (Phi) is 5.78. The van der Waals surface area contributed by atoms with Crippen LogP contribution in [0.15, 0.2) is 36.4 Å². The second kappa shape index (κ2) is 8.07. The van der Waals surface area contributed by atoms with Crippen LogP contribution in [0.2, 0.25) is 0 Å². The zero-order valence-electron chi connectivity index (χ0n) is 16.2. The summed E-state index contributed by atoms with van der Waals surface area (Å²) in [4.78, 5) is 39.8. The summed E-state index contributed by atoms with van der Waals surface area (Å²) in [5.41, 5.74) is 1.96. The zero-order valence-corrected chi connectivity index (χ0v) is 16.2. The smallest absolute Gasteiger partial charge is 0.329 e. The number of hydrogen-bond acceptors (Lipinski definition) is 4. The summed E-state index contributed by atoms with van der Waals surface area (Å²) < 4.78 is 5.53. The van der Waals surface area contributed by atoms with E-state index in [-0.39, 0.29) is 36.2 Å². The molecule has 1 saturated heterocycles. The molecule has 1 aliphatic carbocycles. The Morgan fingerprint density at radius 1 is 1.11 bits per heavy atom. The highest BCUT2D eigenvalue weighted by molar-refractivity contribution is 6.08. The first-order valence-electron chi connectivity index (χ1n) is 9.63. The molecule has 1 aromatic rings. The quantitative estimate of drug-likeness (QED) is 0.438. The lowest BCUT2D eigenvalue weighted by molar-refractivity contribution is -0.160. The molecule has 2 amide bonds. The number of amides is 2. The Labute approximate surface area is 160 Å². The van der Waals surface area contributed by atoms with Crippen LogP contribution in [0.3, 0.4) is 0 Å². The molecule has 144 valence electrons. The molecule has 1 aromatic carbocycles. The third-order valence-electron chi connectivity index (χ3n) is 5.45. The van der Waals surface area contributed by atoms with Gasteiger partial charge in [-0.25, -0.2) is 4.79 Å². The molecule has 0 N–H and O–H groups in total. The minimum atomic E-state index is -0.848. The van der Waals surface area contributed by atoms with Crippen LogP contribution in [0.5, 0.6) is 0 Å². The maximum Gasteiger partial charge on any atom is 0.329 e. The van der Waals surface area contributed by atoms with Crippen molar-refractivity contribution >= 4 is 17.8 Å². The maximum absolute atomic E-state index is 12.9. The van der Waals surface area contributed by atoms with Gasteiger partial charge >= 0.3 is 5.97 Å². The first-order chi connectivity index (χ1) is 12.9. The Balaban J connectivity index is 1.77.